The van der Waals surface area contributed by atoms with E-state index in [1.54, 1.807) is 0 Å². The molecule has 7 heteroatoms. The molecule has 3 atom stereocenters. The summed E-state index contributed by atoms with van der Waals surface area (Å²) in [4.78, 5) is 18.2. The number of rotatable bonds is 9. The number of carbonyl (C=O) groups is 1. The number of aryl methyl sites for hydroxylation is 2. The lowest BCUT2D eigenvalue weighted by atomic mass is 9.96. The number of piperazine rings is 1. The fraction of sp³-hybridized carbons (Fsp3) is 0.419. The Morgan fingerprint density at radius 2 is 1.84 bits per heavy atom. The zero-order valence-corrected chi connectivity index (χ0v) is 22.9. The minimum Gasteiger partial charge on any atom is -0.370 e. The maximum Gasteiger partial charge on any atom is 0.240 e. The molecule has 202 valence electrons. The van der Waals surface area contributed by atoms with Gasteiger partial charge in [0, 0.05) is 38.3 Å². The summed E-state index contributed by atoms with van der Waals surface area (Å²) in [6.45, 7) is 9.25. The zero-order chi connectivity index (χ0) is 27.2. The van der Waals surface area contributed by atoms with Crippen LogP contribution in [0.4, 0.5) is 0 Å². The van der Waals surface area contributed by atoms with Crippen molar-refractivity contribution in [1.82, 2.24) is 15.1 Å². The van der Waals surface area contributed by atoms with Crippen LogP contribution in [0.2, 0.25) is 0 Å². The molecule has 0 spiro atoms. The van der Waals surface area contributed by atoms with E-state index in [2.05, 4.69) is 91.7 Å². The summed E-state index contributed by atoms with van der Waals surface area (Å²) in [5.74, 6) is -0.00433. The molecular formula is C31H42N6O. The Balaban J connectivity index is 1.48. The number of nitrogens with zero attached hydrogens (tertiary/aromatic N) is 2. The van der Waals surface area contributed by atoms with Gasteiger partial charge < -0.3 is 21.7 Å². The summed E-state index contributed by atoms with van der Waals surface area (Å²) < 4.78 is 0. The summed E-state index contributed by atoms with van der Waals surface area (Å²) in [6.07, 6.45) is 2.18. The van der Waals surface area contributed by atoms with Crippen molar-refractivity contribution in [3.05, 3.63) is 82.9 Å². The molecule has 0 unspecified atom stereocenters. The summed E-state index contributed by atoms with van der Waals surface area (Å²) in [5.41, 5.74) is 16.8. The number of hydrogen-bond acceptors (Lipinski definition) is 4. The number of nitrogens with two attached hydrogens (primary N) is 2. The van der Waals surface area contributed by atoms with E-state index in [9.17, 15) is 4.79 Å². The number of hydrogen-bond donors (Lipinski definition) is 4. The second kappa shape index (κ2) is 12.4. The SMILES string of the molecule is Cc1ccc(C[C@@H](N)C(=O)N2C[C@@H](C)N(Cc3ccc4ccccc4c3)C[C@@H]2CCCNC(=N)N)c(C)c1. The molecule has 4 rings (SSSR count). The maximum atomic E-state index is 13.7. The number of carbonyl (C=O) groups excluding carboxylic acids is 1. The fourth-order valence-electron chi connectivity index (χ4n) is 5.58. The third-order valence-corrected chi connectivity index (χ3v) is 7.74. The van der Waals surface area contributed by atoms with Crippen molar-refractivity contribution >= 4 is 22.6 Å². The molecule has 0 bridgehead atoms. The van der Waals surface area contributed by atoms with Gasteiger partial charge in [0.15, 0.2) is 5.96 Å². The normalized spacial score (nSPS) is 18.9. The van der Waals surface area contributed by atoms with Crippen LogP contribution in [0.15, 0.2) is 60.7 Å². The maximum absolute atomic E-state index is 13.7. The van der Waals surface area contributed by atoms with Crippen molar-refractivity contribution in [3.63, 3.8) is 0 Å². The summed E-state index contributed by atoms with van der Waals surface area (Å²) in [5, 5.41) is 12.8. The van der Waals surface area contributed by atoms with Crippen molar-refractivity contribution < 1.29 is 4.79 Å². The largest absolute Gasteiger partial charge is 0.370 e. The highest BCUT2D eigenvalue weighted by atomic mass is 16.2. The van der Waals surface area contributed by atoms with Crippen LogP contribution < -0.4 is 16.8 Å². The summed E-state index contributed by atoms with van der Waals surface area (Å²) >= 11 is 0. The topological polar surface area (TPSA) is 111 Å². The van der Waals surface area contributed by atoms with Gasteiger partial charge in [-0.1, -0.05) is 60.2 Å². The first kappa shape index (κ1) is 27.6. The molecular weight excluding hydrogens is 472 g/mol. The monoisotopic (exact) mass is 514 g/mol. The molecule has 1 aliphatic heterocycles. The first-order chi connectivity index (χ1) is 18.2. The van der Waals surface area contributed by atoms with E-state index in [1.165, 1.54) is 27.5 Å². The van der Waals surface area contributed by atoms with E-state index in [-0.39, 0.29) is 24.0 Å². The van der Waals surface area contributed by atoms with Gasteiger partial charge in [-0.2, -0.15) is 0 Å². The minimum absolute atomic E-state index is 0.0201. The van der Waals surface area contributed by atoms with Crippen LogP contribution in [0, 0.1) is 19.3 Å². The highest BCUT2D eigenvalue weighted by molar-refractivity contribution is 5.83. The van der Waals surface area contributed by atoms with E-state index in [1.807, 2.05) is 4.90 Å². The predicted octanol–water partition coefficient (Wildman–Crippen LogP) is 3.69. The van der Waals surface area contributed by atoms with Crippen LogP contribution in [0.3, 0.4) is 0 Å². The average Bonchev–Trinajstić information content (AvgIpc) is 2.89. The van der Waals surface area contributed by atoms with E-state index < -0.39 is 6.04 Å². The third-order valence-electron chi connectivity index (χ3n) is 7.74. The van der Waals surface area contributed by atoms with Gasteiger partial charge in [0.25, 0.3) is 0 Å². The Morgan fingerprint density at radius 1 is 1.08 bits per heavy atom. The molecule has 6 N–H and O–H groups in total. The second-order valence-corrected chi connectivity index (χ2v) is 10.8. The average molecular weight is 515 g/mol. The van der Waals surface area contributed by atoms with Gasteiger partial charge in [-0.05, 0) is 73.6 Å². The van der Waals surface area contributed by atoms with Gasteiger partial charge >= 0.3 is 0 Å². The second-order valence-electron chi connectivity index (χ2n) is 10.8. The van der Waals surface area contributed by atoms with Crippen LogP contribution in [0.5, 0.6) is 0 Å². The Hall–Kier alpha value is -3.42. The van der Waals surface area contributed by atoms with E-state index in [0.717, 1.165) is 31.5 Å². The van der Waals surface area contributed by atoms with Crippen LogP contribution >= 0.6 is 0 Å². The lowest BCUT2D eigenvalue weighted by Gasteiger charge is -2.46. The molecule has 1 aliphatic rings. The lowest BCUT2D eigenvalue weighted by molar-refractivity contribution is -0.139. The Kier molecular flexibility index (Phi) is 9.02. The minimum atomic E-state index is -0.575. The molecule has 3 aromatic rings. The van der Waals surface area contributed by atoms with Crippen LogP contribution in [-0.4, -0.2) is 59.4 Å². The fourth-order valence-corrected chi connectivity index (χ4v) is 5.58. The quantitative estimate of drug-likeness (QED) is 0.198. The Labute approximate surface area is 226 Å². The summed E-state index contributed by atoms with van der Waals surface area (Å²) in [7, 11) is 0. The van der Waals surface area contributed by atoms with Crippen molar-refractivity contribution in [2.75, 3.05) is 19.6 Å². The first-order valence-electron chi connectivity index (χ1n) is 13.6. The van der Waals surface area contributed by atoms with Gasteiger partial charge in [0.05, 0.1) is 6.04 Å². The van der Waals surface area contributed by atoms with Crippen LogP contribution in [-0.2, 0) is 17.8 Å². The molecule has 1 fully saturated rings. The number of guanidine groups is 1. The molecule has 1 saturated heterocycles. The molecule has 1 heterocycles. The summed E-state index contributed by atoms with van der Waals surface area (Å²) in [6, 6.07) is 21.1. The van der Waals surface area contributed by atoms with Gasteiger partial charge in [-0.3, -0.25) is 15.1 Å². The molecule has 7 nitrogen and oxygen atoms in total. The smallest absolute Gasteiger partial charge is 0.240 e. The Bertz CT molecular complexity index is 1270. The van der Waals surface area contributed by atoms with Crippen LogP contribution in [0.25, 0.3) is 10.8 Å². The zero-order valence-electron chi connectivity index (χ0n) is 22.9. The third kappa shape index (κ3) is 6.91. The molecule has 3 aromatic carbocycles. The number of fused-ring (bicyclic) bond motifs is 1. The number of benzene rings is 3. The van der Waals surface area contributed by atoms with Crippen molar-refractivity contribution in [1.29, 1.82) is 5.41 Å². The molecule has 1 amide bonds. The van der Waals surface area contributed by atoms with E-state index >= 15 is 0 Å². The molecule has 0 aromatic heterocycles. The van der Waals surface area contributed by atoms with Gasteiger partial charge in [0.1, 0.15) is 0 Å². The Morgan fingerprint density at radius 3 is 2.58 bits per heavy atom. The van der Waals surface area contributed by atoms with Crippen molar-refractivity contribution in [3.8, 4) is 0 Å². The highest BCUT2D eigenvalue weighted by Crippen LogP contribution is 2.24. The standard InChI is InChI=1S/C31H42N6O/c1-21-10-12-26(22(2)15-21)17-29(32)30(38)37-18-23(3)36(20-28(37)9-6-14-35-31(33)34)19-24-11-13-25-7-4-5-8-27(25)16-24/h4-5,7-8,10-13,15-16,23,28-29H,6,9,14,17-20,32H2,1-3H3,(H4,33,34,35)/t23-,28+,29-/m1/s1. The molecule has 38 heavy (non-hydrogen) atoms. The number of amides is 1. The molecule has 0 aliphatic carbocycles. The van der Waals surface area contributed by atoms with Gasteiger partial charge in [-0.15, -0.1) is 0 Å². The van der Waals surface area contributed by atoms with Crippen molar-refractivity contribution in [2.45, 2.75) is 64.7 Å². The van der Waals surface area contributed by atoms with E-state index in [4.69, 9.17) is 16.9 Å². The van der Waals surface area contributed by atoms with Crippen molar-refractivity contribution in [2.24, 2.45) is 11.5 Å². The number of nitrogens with one attached hydrogen (secondary N) is 2. The predicted molar refractivity (Wildman–Crippen MR) is 156 cm³/mol. The van der Waals surface area contributed by atoms with Gasteiger partial charge in [0.2, 0.25) is 5.91 Å². The molecule has 0 saturated carbocycles. The van der Waals surface area contributed by atoms with E-state index in [0.29, 0.717) is 19.5 Å². The molecule has 0 radical (unpaired) electrons. The van der Waals surface area contributed by atoms with Crippen LogP contribution in [0.1, 0.15) is 42.0 Å². The van der Waals surface area contributed by atoms with Gasteiger partial charge in [-0.25, -0.2) is 0 Å². The highest BCUT2D eigenvalue weighted by Gasteiger charge is 2.36. The lowest BCUT2D eigenvalue weighted by Crippen LogP contribution is -2.61. The first-order valence-corrected chi connectivity index (χ1v) is 13.6.